The van der Waals surface area contributed by atoms with E-state index < -0.39 is 44.6 Å². The van der Waals surface area contributed by atoms with Crippen molar-refractivity contribution >= 4 is 33.4 Å². The Balaban J connectivity index is 1.95. The van der Waals surface area contributed by atoms with E-state index in [4.69, 9.17) is 9.47 Å². The molecule has 3 aromatic carbocycles. The first-order valence-corrected chi connectivity index (χ1v) is 14.2. The van der Waals surface area contributed by atoms with E-state index >= 15 is 4.39 Å². The number of rotatable bonds is 8. The Bertz CT molecular complexity index is 1880. The molecule has 0 fully saturated rings. The van der Waals surface area contributed by atoms with Crippen molar-refractivity contribution < 1.29 is 37.0 Å². The first kappa shape index (κ1) is 29.0. The third kappa shape index (κ3) is 4.48. The number of carboxylic acid groups (broad SMARTS) is 1. The molecule has 1 aliphatic heterocycles. The van der Waals surface area contributed by atoms with Gasteiger partial charge >= 0.3 is 6.09 Å². The number of ether oxygens (including phenoxy) is 2. The fraction of sp³-hybridized carbons (Fsp3) is 0.133. The number of fused-ring (bicyclic) bond motifs is 1. The number of carbonyl (C=O) groups excluding carboxylic acids is 1. The highest BCUT2D eigenvalue weighted by Crippen LogP contribution is 2.54. The maximum atomic E-state index is 15.2. The van der Waals surface area contributed by atoms with Gasteiger partial charge in [0.2, 0.25) is 5.88 Å². The van der Waals surface area contributed by atoms with Crippen LogP contribution in [0.1, 0.15) is 23.6 Å². The van der Waals surface area contributed by atoms with Gasteiger partial charge in [-0.2, -0.15) is 9.57 Å². The monoisotopic (exact) mass is 602 g/mol. The van der Waals surface area contributed by atoms with Crippen molar-refractivity contribution in [2.24, 2.45) is 0 Å². The molecule has 4 aromatic rings. The van der Waals surface area contributed by atoms with Crippen molar-refractivity contribution in [2.75, 3.05) is 22.9 Å². The van der Waals surface area contributed by atoms with Crippen molar-refractivity contribution in [3.8, 4) is 17.7 Å². The summed E-state index contributed by atoms with van der Waals surface area (Å²) in [5, 5.41) is 20.4. The number of hydrogen-bond acceptors (Lipinski definition) is 8. The third-order valence-corrected chi connectivity index (χ3v) is 8.60. The summed E-state index contributed by atoms with van der Waals surface area (Å²) in [5.74, 6) is -2.23. The normalized spacial score (nSPS) is 15.9. The molecule has 0 radical (unpaired) electrons. The van der Waals surface area contributed by atoms with Crippen LogP contribution in [0.3, 0.4) is 0 Å². The van der Waals surface area contributed by atoms with E-state index in [0.717, 1.165) is 12.1 Å². The highest BCUT2D eigenvalue weighted by Gasteiger charge is 2.63. The lowest BCUT2D eigenvalue weighted by Gasteiger charge is -2.39. The van der Waals surface area contributed by atoms with E-state index in [1.54, 1.807) is 19.1 Å². The van der Waals surface area contributed by atoms with E-state index in [-0.39, 0.29) is 34.2 Å². The maximum Gasteiger partial charge on any atom is 0.413 e. The average molecular weight is 603 g/mol. The van der Waals surface area contributed by atoms with Crippen LogP contribution in [0.15, 0.2) is 90.0 Å². The van der Waals surface area contributed by atoms with E-state index in [0.29, 0.717) is 15.0 Å². The van der Waals surface area contributed by atoms with Gasteiger partial charge in [-0.3, -0.25) is 9.69 Å². The third-order valence-electron chi connectivity index (χ3n) is 6.89. The second kappa shape index (κ2) is 11.1. The van der Waals surface area contributed by atoms with Crippen LogP contribution in [0.2, 0.25) is 0 Å². The van der Waals surface area contributed by atoms with Gasteiger partial charge in [0.1, 0.15) is 17.6 Å². The molecule has 0 spiro atoms. The molecule has 1 N–H and O–H groups in total. The molecule has 0 aliphatic carbocycles. The van der Waals surface area contributed by atoms with Gasteiger partial charge in [0.05, 0.1) is 35.4 Å². The number of benzene rings is 3. The molecular weight excluding hydrogens is 579 g/mol. The van der Waals surface area contributed by atoms with E-state index in [1.807, 2.05) is 0 Å². The van der Waals surface area contributed by atoms with Crippen LogP contribution in [-0.4, -0.2) is 44.2 Å². The maximum absolute atomic E-state index is 15.2. The van der Waals surface area contributed by atoms with Crippen molar-refractivity contribution in [3.05, 3.63) is 108 Å². The fourth-order valence-electron chi connectivity index (χ4n) is 5.11. The number of methoxy groups -OCH3 is 1. The summed E-state index contributed by atoms with van der Waals surface area (Å²) in [5.41, 5.74) is -4.01. The Kier molecular flexibility index (Phi) is 7.47. The molecule has 5 rings (SSSR count). The zero-order valence-corrected chi connectivity index (χ0v) is 23.6. The lowest BCUT2D eigenvalue weighted by atomic mass is 9.81. The van der Waals surface area contributed by atoms with E-state index in [9.17, 15) is 28.4 Å². The van der Waals surface area contributed by atoms with Crippen LogP contribution in [0, 0.1) is 17.1 Å². The summed E-state index contributed by atoms with van der Waals surface area (Å²) in [6.07, 6.45) is -0.295. The van der Waals surface area contributed by atoms with Gasteiger partial charge < -0.3 is 14.6 Å². The molecule has 0 saturated heterocycles. The van der Waals surface area contributed by atoms with Gasteiger partial charge in [0, 0.05) is 23.5 Å². The second-order valence-corrected chi connectivity index (χ2v) is 11.0. The molecule has 2 heterocycles. The minimum absolute atomic E-state index is 0.0212. The van der Waals surface area contributed by atoms with Gasteiger partial charge in [0.15, 0.2) is 5.54 Å². The number of para-hydroxylation sites is 1. The second-order valence-electron chi connectivity index (χ2n) is 9.16. The molecule has 11 nitrogen and oxygen atoms in total. The number of sulfonamides is 1. The minimum Gasteiger partial charge on any atom is -0.497 e. The number of anilines is 2. The van der Waals surface area contributed by atoms with Crippen LogP contribution >= 0.6 is 0 Å². The van der Waals surface area contributed by atoms with Crippen LogP contribution in [-0.2, 0) is 20.4 Å². The standard InChI is InChI=1S/C30H23FN4O7S/c1-3-42-27-23(10-7-15-33-27)30(34(29(37)38)20-8-5-4-6-9-20)24-16-19(18-32)25(31)17-26(24)35(28(30)36)43(39,40)22-13-11-21(41-2)12-14-22/h4-17H,3H2,1-2H3,(H,37,38). The highest BCUT2D eigenvalue weighted by atomic mass is 32.2. The van der Waals surface area contributed by atoms with E-state index in [1.165, 1.54) is 74.0 Å². The largest absolute Gasteiger partial charge is 0.497 e. The van der Waals surface area contributed by atoms with Crippen LogP contribution < -0.4 is 18.7 Å². The van der Waals surface area contributed by atoms with Crippen LogP contribution in [0.5, 0.6) is 11.6 Å². The Labute approximate surface area is 246 Å². The number of nitriles is 1. The lowest BCUT2D eigenvalue weighted by molar-refractivity contribution is -0.120. The van der Waals surface area contributed by atoms with Crippen molar-refractivity contribution in [1.82, 2.24) is 4.98 Å². The lowest BCUT2D eigenvalue weighted by Crippen LogP contribution is -2.57. The quantitative estimate of drug-likeness (QED) is 0.304. The molecule has 43 heavy (non-hydrogen) atoms. The van der Waals surface area contributed by atoms with Crippen molar-refractivity contribution in [3.63, 3.8) is 0 Å². The Morgan fingerprint density at radius 1 is 1.09 bits per heavy atom. The predicted molar refractivity (Wildman–Crippen MR) is 152 cm³/mol. The van der Waals surface area contributed by atoms with Crippen LogP contribution in [0.4, 0.5) is 20.6 Å². The molecule has 13 heteroatoms. The topological polar surface area (TPSA) is 150 Å². The molecule has 2 amide bonds. The molecule has 1 unspecified atom stereocenters. The number of aromatic nitrogens is 1. The molecule has 1 atom stereocenters. The van der Waals surface area contributed by atoms with Gasteiger partial charge in [-0.15, -0.1) is 0 Å². The SMILES string of the molecule is CCOc1ncccc1C1(N(C(=O)O)c2ccccc2)C(=O)N(S(=O)(=O)c2ccc(OC)cc2)c2cc(F)c(C#N)cc21. The molecule has 1 aromatic heterocycles. The zero-order chi connectivity index (χ0) is 30.9. The van der Waals surface area contributed by atoms with Gasteiger partial charge in [0.25, 0.3) is 15.9 Å². The average Bonchev–Trinajstić information content (AvgIpc) is 3.25. The van der Waals surface area contributed by atoms with Crippen molar-refractivity contribution in [1.29, 1.82) is 5.26 Å². The Morgan fingerprint density at radius 2 is 1.79 bits per heavy atom. The number of carbonyl (C=O) groups is 2. The van der Waals surface area contributed by atoms with Crippen LogP contribution in [0.25, 0.3) is 0 Å². The molecule has 0 saturated carbocycles. The summed E-state index contributed by atoms with van der Waals surface area (Å²) in [7, 11) is -3.42. The summed E-state index contributed by atoms with van der Waals surface area (Å²) >= 11 is 0. The summed E-state index contributed by atoms with van der Waals surface area (Å²) in [6.45, 7) is 1.70. The smallest absolute Gasteiger partial charge is 0.413 e. The van der Waals surface area contributed by atoms with Gasteiger partial charge in [-0.05, 0) is 61.5 Å². The number of hydrogen-bond donors (Lipinski definition) is 1. The molecule has 0 bridgehead atoms. The molecular formula is C30H23FN4O7S. The zero-order valence-electron chi connectivity index (χ0n) is 22.8. The minimum atomic E-state index is -4.81. The van der Waals surface area contributed by atoms with Gasteiger partial charge in [-0.25, -0.2) is 22.6 Å². The Hall–Kier alpha value is -5.48. The summed E-state index contributed by atoms with van der Waals surface area (Å²) in [6, 6.07) is 18.8. The number of amides is 2. The highest BCUT2D eigenvalue weighted by molar-refractivity contribution is 7.93. The molecule has 1 aliphatic rings. The van der Waals surface area contributed by atoms with E-state index in [2.05, 4.69) is 4.98 Å². The number of halogens is 1. The Morgan fingerprint density at radius 3 is 2.40 bits per heavy atom. The molecule has 218 valence electrons. The first-order valence-electron chi connectivity index (χ1n) is 12.8. The number of pyridine rings is 1. The number of nitrogens with zero attached hydrogens (tertiary/aromatic N) is 4. The predicted octanol–water partition coefficient (Wildman–Crippen LogP) is 4.66. The summed E-state index contributed by atoms with van der Waals surface area (Å²) in [4.78, 5) is 32.7. The fourth-order valence-corrected chi connectivity index (χ4v) is 6.56. The van der Waals surface area contributed by atoms with Crippen molar-refractivity contribution in [2.45, 2.75) is 17.4 Å². The first-order chi connectivity index (χ1) is 20.6. The van der Waals surface area contributed by atoms with Gasteiger partial charge in [-0.1, -0.05) is 18.2 Å². The summed E-state index contributed by atoms with van der Waals surface area (Å²) < 4.78 is 54.8.